The molecule has 0 radical (unpaired) electrons. The lowest BCUT2D eigenvalue weighted by Crippen LogP contribution is -2.44. The molecule has 1 amide bonds. The van der Waals surface area contributed by atoms with Crippen molar-refractivity contribution in [1.82, 2.24) is 10.6 Å². The predicted octanol–water partition coefficient (Wildman–Crippen LogP) is 3.26. The molecule has 24 heavy (non-hydrogen) atoms. The second kappa shape index (κ2) is 8.72. The van der Waals surface area contributed by atoms with Gasteiger partial charge >= 0.3 is 0 Å². The Morgan fingerprint density at radius 1 is 1.33 bits per heavy atom. The summed E-state index contributed by atoms with van der Waals surface area (Å²) in [5.74, 6) is 2.12. The highest BCUT2D eigenvalue weighted by atomic mass is 35.5. The number of ether oxygens (including phenoxy) is 1. The number of carbonyl (C=O) groups is 1. The molecule has 2 N–H and O–H groups in total. The summed E-state index contributed by atoms with van der Waals surface area (Å²) in [6.45, 7) is 6.41. The van der Waals surface area contributed by atoms with Crippen LogP contribution in [0.25, 0.3) is 0 Å². The number of hydrogen-bond acceptors (Lipinski definition) is 3. The van der Waals surface area contributed by atoms with E-state index in [1.807, 2.05) is 18.2 Å². The Balaban J connectivity index is 0.00000208. The zero-order valence-electron chi connectivity index (χ0n) is 14.6. The largest absolute Gasteiger partial charge is 0.487 e. The van der Waals surface area contributed by atoms with Crippen molar-refractivity contribution in [2.45, 2.75) is 57.6 Å². The molecule has 0 bridgehead atoms. The van der Waals surface area contributed by atoms with Crippen molar-refractivity contribution < 1.29 is 9.53 Å². The standard InChI is InChI=1S/C19H28N2O2.ClH/c1-13-16-5-3-4-6-17(16)23-19(13)14(2)21-18(22)8-7-15-9-11-20-12-10-15;/h3-6,13-15,19-20H,7-12H2,1-2H3,(H,21,22);1H. The van der Waals surface area contributed by atoms with Gasteiger partial charge in [0.25, 0.3) is 0 Å². The van der Waals surface area contributed by atoms with E-state index in [1.165, 1.54) is 18.4 Å². The van der Waals surface area contributed by atoms with Crippen molar-refractivity contribution >= 4 is 18.3 Å². The smallest absolute Gasteiger partial charge is 0.220 e. The molecule has 1 aromatic rings. The first-order valence-electron chi connectivity index (χ1n) is 8.91. The van der Waals surface area contributed by atoms with Gasteiger partial charge in [-0.2, -0.15) is 0 Å². The molecular weight excluding hydrogens is 324 g/mol. The van der Waals surface area contributed by atoms with Crippen molar-refractivity contribution in [3.05, 3.63) is 29.8 Å². The van der Waals surface area contributed by atoms with Crippen LogP contribution < -0.4 is 15.4 Å². The van der Waals surface area contributed by atoms with Crippen LogP contribution in [0.4, 0.5) is 0 Å². The lowest BCUT2D eigenvalue weighted by molar-refractivity contribution is -0.122. The molecule has 3 atom stereocenters. The molecule has 5 heteroatoms. The van der Waals surface area contributed by atoms with Gasteiger partial charge in [0.15, 0.2) is 0 Å². The Kier molecular flexibility index (Phi) is 6.93. The minimum absolute atomic E-state index is 0. The lowest BCUT2D eigenvalue weighted by atomic mass is 9.92. The number of piperidine rings is 1. The molecule has 0 aromatic heterocycles. The van der Waals surface area contributed by atoms with Gasteiger partial charge in [0.2, 0.25) is 5.91 Å². The van der Waals surface area contributed by atoms with Crippen molar-refractivity contribution in [3.63, 3.8) is 0 Å². The van der Waals surface area contributed by atoms with Crippen molar-refractivity contribution in [2.75, 3.05) is 13.1 Å². The molecule has 2 aliphatic rings. The molecule has 1 fully saturated rings. The fourth-order valence-electron chi connectivity index (χ4n) is 3.84. The van der Waals surface area contributed by atoms with E-state index in [2.05, 4.69) is 30.5 Å². The van der Waals surface area contributed by atoms with E-state index in [4.69, 9.17) is 4.74 Å². The van der Waals surface area contributed by atoms with Crippen LogP contribution in [0.15, 0.2) is 24.3 Å². The molecule has 4 nitrogen and oxygen atoms in total. The fourth-order valence-corrected chi connectivity index (χ4v) is 3.84. The molecule has 3 rings (SSSR count). The molecule has 134 valence electrons. The molecule has 0 saturated carbocycles. The van der Waals surface area contributed by atoms with Gasteiger partial charge in [0, 0.05) is 17.9 Å². The average Bonchev–Trinajstić information content (AvgIpc) is 2.91. The van der Waals surface area contributed by atoms with E-state index < -0.39 is 0 Å². The summed E-state index contributed by atoms with van der Waals surface area (Å²) in [5.41, 5.74) is 1.24. The Bertz CT molecular complexity index is 546. The number of benzene rings is 1. The molecule has 2 heterocycles. The van der Waals surface area contributed by atoms with E-state index in [9.17, 15) is 4.79 Å². The van der Waals surface area contributed by atoms with Crippen molar-refractivity contribution in [2.24, 2.45) is 5.92 Å². The number of fused-ring (bicyclic) bond motifs is 1. The predicted molar refractivity (Wildman–Crippen MR) is 99.0 cm³/mol. The first kappa shape index (κ1) is 19.1. The number of nitrogens with one attached hydrogen (secondary N) is 2. The third kappa shape index (κ3) is 4.42. The number of hydrogen-bond donors (Lipinski definition) is 2. The highest BCUT2D eigenvalue weighted by Crippen LogP contribution is 2.38. The minimum Gasteiger partial charge on any atom is -0.487 e. The maximum Gasteiger partial charge on any atom is 0.220 e. The Hall–Kier alpha value is -1.26. The fraction of sp³-hybridized carbons (Fsp3) is 0.632. The SMILES string of the molecule is CC(NC(=O)CCC1CCNCC1)C1Oc2ccccc2C1C.Cl. The summed E-state index contributed by atoms with van der Waals surface area (Å²) in [4.78, 5) is 12.3. The maximum atomic E-state index is 12.3. The lowest BCUT2D eigenvalue weighted by Gasteiger charge is -2.25. The first-order chi connectivity index (χ1) is 11.1. The topological polar surface area (TPSA) is 50.4 Å². The molecule has 0 spiro atoms. The van der Waals surface area contributed by atoms with Crippen molar-refractivity contribution in [3.8, 4) is 5.75 Å². The molecular formula is C19H29ClN2O2. The third-order valence-corrected chi connectivity index (χ3v) is 5.29. The second-order valence-corrected chi connectivity index (χ2v) is 7.00. The van der Waals surface area contributed by atoms with E-state index in [0.717, 1.165) is 25.3 Å². The Morgan fingerprint density at radius 3 is 2.75 bits per heavy atom. The highest BCUT2D eigenvalue weighted by molar-refractivity contribution is 5.85. The summed E-state index contributed by atoms with van der Waals surface area (Å²) in [6, 6.07) is 8.20. The molecule has 3 unspecified atom stereocenters. The zero-order valence-corrected chi connectivity index (χ0v) is 15.4. The van der Waals surface area contributed by atoms with Crippen LogP contribution in [0.3, 0.4) is 0 Å². The van der Waals surface area contributed by atoms with Gasteiger partial charge in [-0.25, -0.2) is 0 Å². The normalized spacial score (nSPS) is 24.4. The van der Waals surface area contributed by atoms with Gasteiger partial charge in [-0.05, 0) is 51.3 Å². The van der Waals surface area contributed by atoms with Gasteiger partial charge < -0.3 is 15.4 Å². The van der Waals surface area contributed by atoms with E-state index in [1.54, 1.807) is 0 Å². The number of para-hydroxylation sites is 1. The summed E-state index contributed by atoms with van der Waals surface area (Å²) in [7, 11) is 0. The minimum atomic E-state index is 0. The first-order valence-corrected chi connectivity index (χ1v) is 8.91. The Morgan fingerprint density at radius 2 is 2.04 bits per heavy atom. The monoisotopic (exact) mass is 352 g/mol. The summed E-state index contributed by atoms with van der Waals surface area (Å²) in [5, 5.41) is 6.52. The van der Waals surface area contributed by atoms with Gasteiger partial charge in [-0.15, -0.1) is 12.4 Å². The summed E-state index contributed by atoms with van der Waals surface area (Å²) < 4.78 is 6.05. The third-order valence-electron chi connectivity index (χ3n) is 5.29. The van der Waals surface area contributed by atoms with Crippen molar-refractivity contribution in [1.29, 1.82) is 0 Å². The summed E-state index contributed by atoms with van der Waals surface area (Å²) >= 11 is 0. The van der Waals surface area contributed by atoms with Crippen LogP contribution in [-0.4, -0.2) is 31.1 Å². The van der Waals surface area contributed by atoms with Gasteiger partial charge in [-0.1, -0.05) is 25.1 Å². The molecule has 1 aromatic carbocycles. The average molecular weight is 353 g/mol. The highest BCUT2D eigenvalue weighted by Gasteiger charge is 2.35. The molecule has 1 saturated heterocycles. The molecule has 0 aliphatic carbocycles. The number of amides is 1. The van der Waals surface area contributed by atoms with Crippen LogP contribution in [-0.2, 0) is 4.79 Å². The van der Waals surface area contributed by atoms with Crippen LogP contribution in [0, 0.1) is 5.92 Å². The number of rotatable bonds is 5. The Labute approximate surface area is 151 Å². The molecule has 2 aliphatic heterocycles. The number of halogens is 1. The maximum absolute atomic E-state index is 12.3. The zero-order chi connectivity index (χ0) is 16.2. The van der Waals surface area contributed by atoms with Gasteiger partial charge in [-0.3, -0.25) is 4.79 Å². The van der Waals surface area contributed by atoms with Crippen LogP contribution in [0.5, 0.6) is 5.75 Å². The second-order valence-electron chi connectivity index (χ2n) is 7.00. The van der Waals surface area contributed by atoms with E-state index in [-0.39, 0.29) is 30.5 Å². The number of carbonyl (C=O) groups excluding carboxylic acids is 1. The van der Waals surface area contributed by atoms with E-state index in [0.29, 0.717) is 18.3 Å². The quantitative estimate of drug-likeness (QED) is 0.855. The van der Waals surface area contributed by atoms with Crippen LogP contribution in [0.2, 0.25) is 0 Å². The van der Waals surface area contributed by atoms with Crippen LogP contribution >= 0.6 is 12.4 Å². The van der Waals surface area contributed by atoms with Gasteiger partial charge in [0.05, 0.1) is 6.04 Å². The van der Waals surface area contributed by atoms with Crippen LogP contribution in [0.1, 0.15) is 51.0 Å². The van der Waals surface area contributed by atoms with Gasteiger partial charge in [0.1, 0.15) is 11.9 Å². The summed E-state index contributed by atoms with van der Waals surface area (Å²) in [6.07, 6.45) is 4.04. The van der Waals surface area contributed by atoms with E-state index >= 15 is 0 Å².